The van der Waals surface area contributed by atoms with Crippen LogP contribution in [0.5, 0.6) is 0 Å². The minimum Gasteiger partial charge on any atom is -0.481 e. The number of rotatable bonds is 4. The monoisotopic (exact) mass is 299 g/mol. The van der Waals surface area contributed by atoms with Crippen molar-refractivity contribution in [2.24, 2.45) is 0 Å². The maximum atomic E-state index is 12.0. The van der Waals surface area contributed by atoms with E-state index in [1.165, 1.54) is 28.0 Å². The molecule has 1 aliphatic heterocycles. The van der Waals surface area contributed by atoms with E-state index in [2.05, 4.69) is 0 Å². The molecule has 0 spiro atoms. The normalized spacial score (nSPS) is 17.8. The first-order chi connectivity index (χ1) is 8.58. The standard InChI is InChI=1S/C11H9NO3S3/c13-9(14)3-4-12-10(15)8(18-11(12)16)6-7-2-1-5-17-7/h1-2,5-6H,3-4H2,(H,13,14). The lowest BCUT2D eigenvalue weighted by Crippen LogP contribution is -2.30. The number of amides is 1. The number of carbonyl (C=O) groups excluding carboxylic acids is 1. The van der Waals surface area contributed by atoms with Crippen molar-refractivity contribution in [2.45, 2.75) is 6.42 Å². The highest BCUT2D eigenvalue weighted by Gasteiger charge is 2.32. The molecular weight excluding hydrogens is 290 g/mol. The average Bonchev–Trinajstić information content (AvgIpc) is 2.88. The Morgan fingerprint density at radius 2 is 2.33 bits per heavy atom. The number of carboxylic acids is 1. The lowest BCUT2D eigenvalue weighted by Gasteiger charge is -2.12. The smallest absolute Gasteiger partial charge is 0.305 e. The summed E-state index contributed by atoms with van der Waals surface area (Å²) >= 11 is 7.83. The molecular formula is C11H9NO3S3. The molecule has 2 heterocycles. The van der Waals surface area contributed by atoms with Gasteiger partial charge >= 0.3 is 5.97 Å². The summed E-state index contributed by atoms with van der Waals surface area (Å²) in [6.07, 6.45) is 1.68. The molecule has 1 aromatic heterocycles. The van der Waals surface area contributed by atoms with Gasteiger partial charge in [-0.3, -0.25) is 14.5 Å². The topological polar surface area (TPSA) is 57.6 Å². The molecule has 4 nitrogen and oxygen atoms in total. The molecule has 0 radical (unpaired) electrons. The van der Waals surface area contributed by atoms with Gasteiger partial charge in [-0.1, -0.05) is 30.0 Å². The van der Waals surface area contributed by atoms with Crippen LogP contribution in [0.1, 0.15) is 11.3 Å². The van der Waals surface area contributed by atoms with E-state index in [0.717, 1.165) is 4.88 Å². The van der Waals surface area contributed by atoms with Crippen molar-refractivity contribution in [1.82, 2.24) is 4.90 Å². The summed E-state index contributed by atoms with van der Waals surface area (Å²) in [5.74, 6) is -1.15. The average molecular weight is 299 g/mol. The lowest BCUT2D eigenvalue weighted by atomic mass is 10.3. The second kappa shape index (κ2) is 5.64. The molecule has 18 heavy (non-hydrogen) atoms. The van der Waals surface area contributed by atoms with Crippen LogP contribution in [0.25, 0.3) is 6.08 Å². The van der Waals surface area contributed by atoms with Gasteiger partial charge in [0.05, 0.1) is 11.3 Å². The van der Waals surface area contributed by atoms with E-state index in [1.54, 1.807) is 6.08 Å². The zero-order valence-corrected chi connectivity index (χ0v) is 11.6. The van der Waals surface area contributed by atoms with E-state index in [9.17, 15) is 9.59 Å². The van der Waals surface area contributed by atoms with Gasteiger partial charge in [0.1, 0.15) is 4.32 Å². The highest BCUT2D eigenvalue weighted by atomic mass is 32.2. The number of nitrogens with zero attached hydrogens (tertiary/aromatic N) is 1. The second-order valence-electron chi connectivity index (χ2n) is 3.49. The molecule has 1 aromatic rings. The van der Waals surface area contributed by atoms with E-state index in [-0.39, 0.29) is 18.9 Å². The number of thiophene rings is 1. The fourth-order valence-corrected chi connectivity index (χ4v) is 3.43. The molecule has 94 valence electrons. The van der Waals surface area contributed by atoms with Gasteiger partial charge in [0.15, 0.2) is 0 Å². The van der Waals surface area contributed by atoms with E-state index in [0.29, 0.717) is 9.23 Å². The fraction of sp³-hybridized carbons (Fsp3) is 0.182. The van der Waals surface area contributed by atoms with Crippen LogP contribution in [-0.2, 0) is 9.59 Å². The van der Waals surface area contributed by atoms with Gasteiger partial charge in [-0.05, 0) is 17.5 Å². The first-order valence-corrected chi connectivity index (χ1v) is 7.19. The molecule has 0 aromatic carbocycles. The van der Waals surface area contributed by atoms with Crippen molar-refractivity contribution in [1.29, 1.82) is 0 Å². The van der Waals surface area contributed by atoms with Gasteiger partial charge in [-0.2, -0.15) is 0 Å². The second-order valence-corrected chi connectivity index (χ2v) is 6.15. The molecule has 0 aliphatic carbocycles. The number of thiocarbonyl (C=S) groups is 1. The maximum absolute atomic E-state index is 12.0. The Kier molecular flexibility index (Phi) is 4.15. The Bertz CT molecular complexity index is 522. The third-order valence-corrected chi connectivity index (χ3v) is 4.44. The molecule has 0 atom stereocenters. The van der Waals surface area contributed by atoms with E-state index in [1.807, 2.05) is 17.5 Å². The van der Waals surface area contributed by atoms with Gasteiger partial charge in [-0.15, -0.1) is 11.3 Å². The highest BCUT2D eigenvalue weighted by Crippen LogP contribution is 2.33. The van der Waals surface area contributed by atoms with Crippen LogP contribution in [-0.4, -0.2) is 32.7 Å². The van der Waals surface area contributed by atoms with Gasteiger partial charge in [0.2, 0.25) is 0 Å². The number of aliphatic carboxylic acids is 1. The molecule has 2 rings (SSSR count). The van der Waals surface area contributed by atoms with Gasteiger partial charge < -0.3 is 5.11 Å². The zero-order chi connectivity index (χ0) is 13.1. The largest absolute Gasteiger partial charge is 0.481 e. The first-order valence-electron chi connectivity index (χ1n) is 5.08. The summed E-state index contributed by atoms with van der Waals surface area (Å²) in [6.45, 7) is 0.127. The number of carboxylic acid groups (broad SMARTS) is 1. The number of hydrogen-bond donors (Lipinski definition) is 1. The lowest BCUT2D eigenvalue weighted by molar-refractivity contribution is -0.137. The summed E-state index contributed by atoms with van der Waals surface area (Å²) < 4.78 is 0.420. The van der Waals surface area contributed by atoms with E-state index < -0.39 is 5.97 Å². The van der Waals surface area contributed by atoms with Crippen LogP contribution >= 0.6 is 35.3 Å². The summed E-state index contributed by atoms with van der Waals surface area (Å²) in [7, 11) is 0. The molecule has 0 bridgehead atoms. The summed E-state index contributed by atoms with van der Waals surface area (Å²) in [5.41, 5.74) is 0. The predicted octanol–water partition coefficient (Wildman–Crippen LogP) is 2.42. The van der Waals surface area contributed by atoms with Crippen LogP contribution < -0.4 is 0 Å². The third-order valence-electron chi connectivity index (χ3n) is 2.24. The molecule has 0 unspecified atom stereocenters. The molecule has 7 heteroatoms. The van der Waals surface area contributed by atoms with E-state index >= 15 is 0 Å². The molecule has 1 N–H and O–H groups in total. The summed E-state index contributed by atoms with van der Waals surface area (Å²) in [5, 5.41) is 10.5. The quantitative estimate of drug-likeness (QED) is 0.683. The molecule has 1 saturated heterocycles. The minimum atomic E-state index is -0.939. The van der Waals surface area contributed by atoms with Crippen LogP contribution in [0.15, 0.2) is 22.4 Å². The van der Waals surface area contributed by atoms with Gasteiger partial charge in [0.25, 0.3) is 5.91 Å². The van der Waals surface area contributed by atoms with E-state index in [4.69, 9.17) is 17.3 Å². The van der Waals surface area contributed by atoms with Crippen LogP contribution in [0.4, 0.5) is 0 Å². The Hall–Kier alpha value is -1.18. The van der Waals surface area contributed by atoms with Gasteiger partial charge in [0, 0.05) is 11.4 Å². The van der Waals surface area contributed by atoms with Crippen LogP contribution in [0.2, 0.25) is 0 Å². The SMILES string of the molecule is O=C(O)CCN1C(=O)C(=Cc2cccs2)SC1=S. The Morgan fingerprint density at radius 1 is 1.56 bits per heavy atom. The van der Waals surface area contributed by atoms with Gasteiger partial charge in [-0.25, -0.2) is 0 Å². The molecule has 1 amide bonds. The Morgan fingerprint density at radius 3 is 2.94 bits per heavy atom. The van der Waals surface area contributed by atoms with Crippen LogP contribution in [0.3, 0.4) is 0 Å². The summed E-state index contributed by atoms with van der Waals surface area (Å²) in [6, 6.07) is 3.82. The molecule has 1 aliphatic rings. The number of thioether (sulfide) groups is 1. The fourth-order valence-electron chi connectivity index (χ4n) is 1.40. The Balaban J connectivity index is 2.11. The van der Waals surface area contributed by atoms with Crippen molar-refractivity contribution in [3.05, 3.63) is 27.3 Å². The highest BCUT2D eigenvalue weighted by molar-refractivity contribution is 8.26. The van der Waals surface area contributed by atoms with Crippen molar-refractivity contribution in [2.75, 3.05) is 6.54 Å². The molecule has 1 fully saturated rings. The molecule has 0 saturated carbocycles. The minimum absolute atomic E-state index is 0.0985. The third kappa shape index (κ3) is 2.98. The van der Waals surface area contributed by atoms with Crippen molar-refractivity contribution in [3.63, 3.8) is 0 Å². The first kappa shape index (κ1) is 13.3. The van der Waals surface area contributed by atoms with Crippen molar-refractivity contribution >= 4 is 57.6 Å². The summed E-state index contributed by atoms with van der Waals surface area (Å²) in [4.78, 5) is 25.4. The zero-order valence-electron chi connectivity index (χ0n) is 9.16. The predicted molar refractivity (Wildman–Crippen MR) is 76.5 cm³/mol. The van der Waals surface area contributed by atoms with Crippen molar-refractivity contribution < 1.29 is 14.7 Å². The number of carbonyl (C=O) groups is 2. The van der Waals surface area contributed by atoms with Crippen LogP contribution in [0, 0.1) is 0 Å². The Labute approximate surface area is 117 Å². The maximum Gasteiger partial charge on any atom is 0.305 e. The van der Waals surface area contributed by atoms with Crippen molar-refractivity contribution in [3.8, 4) is 0 Å². The number of hydrogen-bond acceptors (Lipinski definition) is 5.